The summed E-state index contributed by atoms with van der Waals surface area (Å²) in [6.45, 7) is 22.9. The van der Waals surface area contributed by atoms with Gasteiger partial charge in [0, 0.05) is 23.2 Å². The fourth-order valence-electron chi connectivity index (χ4n) is 4.00. The molecule has 1 heterocycles. The molecule has 0 bridgehead atoms. The first-order chi connectivity index (χ1) is 14.7. The van der Waals surface area contributed by atoms with E-state index in [4.69, 9.17) is 19.7 Å². The van der Waals surface area contributed by atoms with E-state index in [1.54, 1.807) is 6.20 Å². The quantitative estimate of drug-likeness (QED) is 0.172. The molecule has 0 saturated carbocycles. The van der Waals surface area contributed by atoms with Crippen LogP contribution in [-0.4, -0.2) is 9.97 Å². The summed E-state index contributed by atoms with van der Waals surface area (Å²) < 4.78 is 0. The minimum atomic E-state index is -0.113. The summed E-state index contributed by atoms with van der Waals surface area (Å²) in [4.78, 5) is 19.5. The Labute approximate surface area is 170 Å². The number of hydrogen-bond donors (Lipinski definition) is 0. The summed E-state index contributed by atoms with van der Waals surface area (Å²) >= 11 is 0. The van der Waals surface area contributed by atoms with E-state index in [0.29, 0.717) is 27.2 Å². The minimum absolute atomic E-state index is 0.0546. The summed E-state index contributed by atoms with van der Waals surface area (Å²) in [6.07, 6.45) is 3.10. The first-order valence-corrected chi connectivity index (χ1v) is 8.84. The Morgan fingerprint density at radius 2 is 1.33 bits per heavy atom. The Kier molecular flexibility index (Phi) is 3.56. The average molecular weight is 380 g/mol. The molecule has 6 nitrogen and oxygen atoms in total. The standard InChI is InChI=1S/C24H8N6/c1-26-20-17(12-25)19-18(22(27-2)24(20)28-3)15-10-13-6-4-5-7-14(13)11-16(15)21-23(19)30-9-8-29-21/h4-11H. The van der Waals surface area contributed by atoms with Gasteiger partial charge in [-0.3, -0.25) is 24.5 Å². The molecule has 5 rings (SSSR count). The first kappa shape index (κ1) is 17.1. The Morgan fingerprint density at radius 3 is 1.93 bits per heavy atom. The molecule has 6 heteroatoms. The van der Waals surface area contributed by atoms with Gasteiger partial charge in [0.05, 0.1) is 42.4 Å². The molecule has 0 atom stereocenters. The number of nitrogens with zero attached hydrogens (tertiary/aromatic N) is 6. The predicted molar refractivity (Wildman–Crippen MR) is 116 cm³/mol. The van der Waals surface area contributed by atoms with Gasteiger partial charge in [-0.1, -0.05) is 24.3 Å². The number of rotatable bonds is 0. The van der Waals surface area contributed by atoms with Gasteiger partial charge < -0.3 is 0 Å². The van der Waals surface area contributed by atoms with Crippen molar-refractivity contribution in [2.24, 2.45) is 0 Å². The van der Waals surface area contributed by atoms with Crippen molar-refractivity contribution in [3.05, 3.63) is 88.6 Å². The molecule has 5 aromatic rings. The summed E-state index contributed by atoms with van der Waals surface area (Å²) in [7, 11) is 0. The number of nitriles is 1. The van der Waals surface area contributed by atoms with Crippen LogP contribution in [0.25, 0.3) is 57.9 Å². The van der Waals surface area contributed by atoms with E-state index in [0.717, 1.165) is 16.2 Å². The fraction of sp³-hybridized carbons (Fsp3) is 0. The molecule has 0 spiro atoms. The van der Waals surface area contributed by atoms with Gasteiger partial charge >= 0.3 is 0 Å². The normalized spacial score (nSPS) is 10.5. The predicted octanol–water partition coefficient (Wildman–Crippen LogP) is 6.61. The highest BCUT2D eigenvalue weighted by atomic mass is 14.8. The molecule has 0 fully saturated rings. The maximum atomic E-state index is 9.91. The van der Waals surface area contributed by atoms with Gasteiger partial charge in [-0.2, -0.15) is 5.26 Å². The second-order valence-electron chi connectivity index (χ2n) is 6.62. The van der Waals surface area contributed by atoms with Crippen molar-refractivity contribution >= 4 is 60.4 Å². The van der Waals surface area contributed by atoms with Crippen LogP contribution in [0.3, 0.4) is 0 Å². The number of hydrogen-bond acceptors (Lipinski definition) is 3. The molecule has 0 aliphatic carbocycles. The van der Waals surface area contributed by atoms with E-state index in [2.05, 4.69) is 30.6 Å². The van der Waals surface area contributed by atoms with Crippen LogP contribution in [0.2, 0.25) is 0 Å². The lowest BCUT2D eigenvalue weighted by atomic mass is 9.91. The lowest BCUT2D eigenvalue weighted by molar-refractivity contribution is 1.31. The third-order valence-electron chi connectivity index (χ3n) is 5.21. The molecule has 0 N–H and O–H groups in total. The third-order valence-corrected chi connectivity index (χ3v) is 5.21. The van der Waals surface area contributed by atoms with Crippen LogP contribution in [0.5, 0.6) is 0 Å². The second kappa shape index (κ2) is 6.25. The van der Waals surface area contributed by atoms with Crippen molar-refractivity contribution in [1.29, 1.82) is 5.26 Å². The van der Waals surface area contributed by atoms with Gasteiger partial charge in [-0.05, 0) is 33.7 Å². The average Bonchev–Trinajstić information content (AvgIpc) is 2.81. The molecule has 1 aromatic heterocycles. The Bertz CT molecular complexity index is 1740. The van der Waals surface area contributed by atoms with Crippen LogP contribution >= 0.6 is 0 Å². The molecule has 134 valence electrons. The van der Waals surface area contributed by atoms with Gasteiger partial charge in [0.25, 0.3) is 0 Å². The second-order valence-corrected chi connectivity index (χ2v) is 6.62. The molecule has 0 saturated heterocycles. The Balaban J connectivity index is 2.27. The molecule has 4 aromatic carbocycles. The Morgan fingerprint density at radius 1 is 0.733 bits per heavy atom. The van der Waals surface area contributed by atoms with E-state index >= 15 is 0 Å². The van der Waals surface area contributed by atoms with Crippen molar-refractivity contribution in [3.63, 3.8) is 0 Å². The van der Waals surface area contributed by atoms with Gasteiger partial charge in [-0.15, -0.1) is 0 Å². The largest absolute Gasteiger partial charge is 0.262 e. The van der Waals surface area contributed by atoms with E-state index in [1.165, 1.54) is 6.20 Å². The van der Waals surface area contributed by atoms with Crippen LogP contribution in [0.15, 0.2) is 48.8 Å². The van der Waals surface area contributed by atoms with E-state index in [9.17, 15) is 5.26 Å². The highest BCUT2D eigenvalue weighted by Gasteiger charge is 2.25. The number of aromatic nitrogens is 2. The van der Waals surface area contributed by atoms with Crippen LogP contribution in [-0.2, 0) is 0 Å². The van der Waals surface area contributed by atoms with Gasteiger partial charge in [0.15, 0.2) is 5.69 Å². The van der Waals surface area contributed by atoms with Crippen LogP contribution in [0.1, 0.15) is 5.56 Å². The zero-order valence-electron chi connectivity index (χ0n) is 15.3. The van der Waals surface area contributed by atoms with Crippen LogP contribution in [0, 0.1) is 31.0 Å². The van der Waals surface area contributed by atoms with Crippen molar-refractivity contribution in [2.45, 2.75) is 0 Å². The fourth-order valence-corrected chi connectivity index (χ4v) is 4.00. The highest BCUT2D eigenvalue weighted by molar-refractivity contribution is 6.32. The van der Waals surface area contributed by atoms with E-state index < -0.39 is 0 Å². The van der Waals surface area contributed by atoms with Crippen molar-refractivity contribution in [3.8, 4) is 6.07 Å². The molecule has 0 unspecified atom stereocenters. The SMILES string of the molecule is [C-]#[N+]c1c([N+]#[C-])c(C#N)c2c3nccnc3c3cc4ccccc4cc3c2c1[N+]#[C-]. The maximum Gasteiger partial charge on any atom is 0.202 e. The molecule has 0 aliphatic heterocycles. The number of benzene rings is 4. The van der Waals surface area contributed by atoms with Crippen molar-refractivity contribution < 1.29 is 0 Å². The molecular weight excluding hydrogens is 372 g/mol. The molecule has 0 aliphatic rings. The van der Waals surface area contributed by atoms with Gasteiger partial charge in [0.1, 0.15) is 0 Å². The molecule has 0 radical (unpaired) electrons. The van der Waals surface area contributed by atoms with Crippen LogP contribution in [0.4, 0.5) is 17.1 Å². The van der Waals surface area contributed by atoms with Gasteiger partial charge in [-0.25, -0.2) is 0 Å². The third kappa shape index (κ3) is 2.08. The van der Waals surface area contributed by atoms with Crippen molar-refractivity contribution in [2.75, 3.05) is 0 Å². The monoisotopic (exact) mass is 380 g/mol. The lowest BCUT2D eigenvalue weighted by Crippen LogP contribution is -1.92. The summed E-state index contributed by atoms with van der Waals surface area (Å²) in [6, 6.07) is 13.8. The van der Waals surface area contributed by atoms with Crippen LogP contribution < -0.4 is 0 Å². The lowest BCUT2D eigenvalue weighted by Gasteiger charge is -2.15. The Hall–Kier alpha value is -5.04. The summed E-state index contributed by atoms with van der Waals surface area (Å²) in [5.74, 6) is 0. The minimum Gasteiger partial charge on any atom is -0.262 e. The zero-order chi connectivity index (χ0) is 20.8. The first-order valence-electron chi connectivity index (χ1n) is 8.84. The number of fused-ring (bicyclic) bond motifs is 7. The smallest absolute Gasteiger partial charge is 0.202 e. The molecular formula is C24H8N6. The van der Waals surface area contributed by atoms with E-state index in [-0.39, 0.29) is 22.6 Å². The maximum absolute atomic E-state index is 9.91. The molecule has 30 heavy (non-hydrogen) atoms. The van der Waals surface area contributed by atoms with E-state index in [1.807, 2.05) is 36.4 Å². The molecule has 0 amide bonds. The zero-order valence-corrected chi connectivity index (χ0v) is 15.3. The summed E-state index contributed by atoms with van der Waals surface area (Å²) in [5.41, 5.74) is 0.944. The highest BCUT2D eigenvalue weighted by Crippen LogP contribution is 2.51. The van der Waals surface area contributed by atoms with Crippen molar-refractivity contribution in [1.82, 2.24) is 9.97 Å². The summed E-state index contributed by atoms with van der Waals surface area (Å²) in [5, 5.41) is 14.2. The van der Waals surface area contributed by atoms with Gasteiger partial charge in [0.2, 0.25) is 11.4 Å². The topological polar surface area (TPSA) is 62.6 Å².